The van der Waals surface area contributed by atoms with Crippen LogP contribution in [0.5, 0.6) is 5.75 Å². The quantitative estimate of drug-likeness (QED) is 0.381. The molecule has 3 aromatic rings. The number of nitrogens with zero attached hydrogens (tertiary/aromatic N) is 1. The number of nitro groups is 1. The van der Waals surface area contributed by atoms with Crippen molar-refractivity contribution in [3.63, 3.8) is 0 Å². The predicted octanol–water partition coefficient (Wildman–Crippen LogP) is 2.57. The third kappa shape index (κ3) is 3.65. The molecule has 1 atom stereocenters. The molecule has 0 spiro atoms. The lowest BCUT2D eigenvalue weighted by Gasteiger charge is -2.15. The molecule has 0 aliphatic heterocycles. The number of carboxylic acid groups (broad SMARTS) is 1. The molecule has 0 unspecified atom stereocenters. The Hall–Kier alpha value is -3.39. The number of aromatic amines is 1. The van der Waals surface area contributed by atoms with E-state index in [1.165, 1.54) is 18.2 Å². The molecule has 0 saturated heterocycles. The molecule has 1 aromatic heterocycles. The van der Waals surface area contributed by atoms with E-state index in [1.807, 2.05) is 24.3 Å². The smallest absolute Gasteiger partial charge is 0.321 e. The van der Waals surface area contributed by atoms with Crippen molar-refractivity contribution >= 4 is 22.6 Å². The third-order valence-corrected chi connectivity index (χ3v) is 4.21. The van der Waals surface area contributed by atoms with Crippen molar-refractivity contribution in [3.05, 3.63) is 69.9 Å². The second-order valence-electron chi connectivity index (χ2n) is 5.91. The van der Waals surface area contributed by atoms with Gasteiger partial charge in [0.2, 0.25) is 0 Å². The highest BCUT2D eigenvalue weighted by atomic mass is 16.6. The number of carbonyl (C=O) groups is 1. The van der Waals surface area contributed by atoms with Crippen LogP contribution in [0.25, 0.3) is 10.9 Å². The molecule has 2 aromatic carbocycles. The maximum absolute atomic E-state index is 11.6. The van der Waals surface area contributed by atoms with E-state index in [0.717, 1.165) is 16.5 Å². The summed E-state index contributed by atoms with van der Waals surface area (Å²) in [7, 11) is 0. The third-order valence-electron chi connectivity index (χ3n) is 4.21. The molecule has 134 valence electrons. The lowest BCUT2D eigenvalue weighted by atomic mass is 10.0. The number of aromatic nitrogens is 1. The standard InChI is InChI=1S/C18H17N3O5/c22-17-6-5-13(21(25)26)7-12(17)10-20-16(18(23)24)8-11-9-19-15-4-2-1-3-14(11)15/h1-7,9,16,19-20,22H,8,10H2,(H,23,24)/t16-/m0/s1. The molecule has 0 aliphatic rings. The first-order valence-corrected chi connectivity index (χ1v) is 7.93. The SMILES string of the molecule is O=C(O)[C@H](Cc1c[nH]c2ccccc12)NCc1cc([N+](=O)[O-])ccc1O. The number of carboxylic acids is 1. The zero-order valence-electron chi connectivity index (χ0n) is 13.7. The number of hydrogen-bond donors (Lipinski definition) is 4. The topological polar surface area (TPSA) is 128 Å². The molecule has 1 heterocycles. The zero-order valence-corrected chi connectivity index (χ0v) is 13.7. The molecule has 26 heavy (non-hydrogen) atoms. The molecule has 0 fully saturated rings. The molecule has 3 rings (SSSR count). The monoisotopic (exact) mass is 355 g/mol. The van der Waals surface area contributed by atoms with E-state index in [-0.39, 0.29) is 30.0 Å². The molecule has 0 amide bonds. The van der Waals surface area contributed by atoms with Gasteiger partial charge in [-0.05, 0) is 17.7 Å². The van der Waals surface area contributed by atoms with Gasteiger partial charge in [0.25, 0.3) is 5.69 Å². The number of para-hydroxylation sites is 1. The van der Waals surface area contributed by atoms with E-state index in [9.17, 15) is 25.1 Å². The second kappa shape index (κ2) is 7.24. The molecule has 8 heteroatoms. The number of H-pyrrole nitrogens is 1. The van der Waals surface area contributed by atoms with Gasteiger partial charge in [0, 0.05) is 47.8 Å². The van der Waals surface area contributed by atoms with Crippen LogP contribution in [0.15, 0.2) is 48.7 Å². The molecule has 4 N–H and O–H groups in total. The summed E-state index contributed by atoms with van der Waals surface area (Å²) in [5.41, 5.74) is 1.87. The lowest BCUT2D eigenvalue weighted by Crippen LogP contribution is -2.38. The number of phenols is 1. The number of aliphatic carboxylic acids is 1. The molecule has 8 nitrogen and oxygen atoms in total. The summed E-state index contributed by atoms with van der Waals surface area (Å²) in [6.45, 7) is -0.00711. The Kier molecular flexibility index (Phi) is 4.85. The van der Waals surface area contributed by atoms with Crippen LogP contribution in [-0.2, 0) is 17.8 Å². The van der Waals surface area contributed by atoms with Crippen LogP contribution in [0.3, 0.4) is 0 Å². The van der Waals surface area contributed by atoms with E-state index < -0.39 is 16.9 Å². The van der Waals surface area contributed by atoms with E-state index in [0.29, 0.717) is 0 Å². The van der Waals surface area contributed by atoms with Gasteiger partial charge in [-0.25, -0.2) is 0 Å². The Morgan fingerprint density at radius 2 is 2.00 bits per heavy atom. The molecule has 0 saturated carbocycles. The van der Waals surface area contributed by atoms with Crippen LogP contribution in [0.1, 0.15) is 11.1 Å². The van der Waals surface area contributed by atoms with Crippen LogP contribution in [0.4, 0.5) is 5.69 Å². The Morgan fingerprint density at radius 1 is 1.23 bits per heavy atom. The summed E-state index contributed by atoms with van der Waals surface area (Å²) in [5, 5.41) is 34.0. The number of non-ortho nitro benzene ring substituents is 1. The fraction of sp³-hybridized carbons (Fsp3) is 0.167. The summed E-state index contributed by atoms with van der Waals surface area (Å²) in [6, 6.07) is 10.3. The Bertz CT molecular complexity index is 966. The van der Waals surface area contributed by atoms with E-state index in [4.69, 9.17) is 0 Å². The van der Waals surface area contributed by atoms with Crippen molar-refractivity contribution in [1.29, 1.82) is 0 Å². The highest BCUT2D eigenvalue weighted by molar-refractivity contribution is 5.84. The lowest BCUT2D eigenvalue weighted by molar-refractivity contribution is -0.384. The predicted molar refractivity (Wildman–Crippen MR) is 95.0 cm³/mol. The first kappa shape index (κ1) is 17.4. The van der Waals surface area contributed by atoms with Gasteiger partial charge < -0.3 is 15.2 Å². The van der Waals surface area contributed by atoms with Gasteiger partial charge in [-0.2, -0.15) is 0 Å². The average molecular weight is 355 g/mol. The number of aromatic hydroxyl groups is 1. The highest BCUT2D eigenvalue weighted by Gasteiger charge is 2.20. The second-order valence-corrected chi connectivity index (χ2v) is 5.91. The van der Waals surface area contributed by atoms with Gasteiger partial charge in [0.1, 0.15) is 11.8 Å². The van der Waals surface area contributed by atoms with Crippen molar-refractivity contribution < 1.29 is 19.9 Å². The van der Waals surface area contributed by atoms with Crippen LogP contribution in [0, 0.1) is 10.1 Å². The van der Waals surface area contributed by atoms with Crippen LogP contribution in [0.2, 0.25) is 0 Å². The van der Waals surface area contributed by atoms with Gasteiger partial charge >= 0.3 is 5.97 Å². The number of benzene rings is 2. The van der Waals surface area contributed by atoms with Crippen molar-refractivity contribution in [2.24, 2.45) is 0 Å². The van der Waals surface area contributed by atoms with E-state index in [2.05, 4.69) is 10.3 Å². The number of rotatable bonds is 7. The summed E-state index contributed by atoms with van der Waals surface area (Å²) in [4.78, 5) is 25.0. The van der Waals surface area contributed by atoms with Crippen molar-refractivity contribution in [1.82, 2.24) is 10.3 Å². The first-order chi connectivity index (χ1) is 12.5. The Balaban J connectivity index is 1.76. The van der Waals surface area contributed by atoms with E-state index in [1.54, 1.807) is 6.20 Å². The number of hydrogen-bond acceptors (Lipinski definition) is 5. The summed E-state index contributed by atoms with van der Waals surface area (Å²) in [5.74, 6) is -1.17. The maximum Gasteiger partial charge on any atom is 0.321 e. The highest BCUT2D eigenvalue weighted by Crippen LogP contribution is 2.23. The maximum atomic E-state index is 11.6. The number of nitro benzene ring substituents is 1. The van der Waals surface area contributed by atoms with Crippen LogP contribution in [-0.4, -0.2) is 32.1 Å². The minimum absolute atomic E-state index is 0.00711. The summed E-state index contributed by atoms with van der Waals surface area (Å²) < 4.78 is 0. The van der Waals surface area contributed by atoms with Gasteiger partial charge in [0.05, 0.1) is 4.92 Å². The summed E-state index contributed by atoms with van der Waals surface area (Å²) in [6.07, 6.45) is 2.00. The van der Waals surface area contributed by atoms with Crippen molar-refractivity contribution in [2.45, 2.75) is 19.0 Å². The number of fused-ring (bicyclic) bond motifs is 1. The van der Waals surface area contributed by atoms with Crippen LogP contribution < -0.4 is 5.32 Å². The Morgan fingerprint density at radius 3 is 2.73 bits per heavy atom. The van der Waals surface area contributed by atoms with Gasteiger partial charge in [-0.3, -0.25) is 20.2 Å². The molecular weight excluding hydrogens is 338 g/mol. The fourth-order valence-corrected chi connectivity index (χ4v) is 2.83. The number of phenolic OH excluding ortho intramolecular Hbond substituents is 1. The zero-order chi connectivity index (χ0) is 18.7. The van der Waals surface area contributed by atoms with Gasteiger partial charge in [-0.1, -0.05) is 18.2 Å². The normalized spacial score (nSPS) is 12.2. The summed E-state index contributed by atoms with van der Waals surface area (Å²) >= 11 is 0. The molecule has 0 radical (unpaired) electrons. The van der Waals surface area contributed by atoms with E-state index >= 15 is 0 Å². The molecule has 0 aliphatic carbocycles. The van der Waals surface area contributed by atoms with Crippen LogP contribution >= 0.6 is 0 Å². The minimum Gasteiger partial charge on any atom is -0.508 e. The number of nitrogens with one attached hydrogen (secondary N) is 2. The van der Waals surface area contributed by atoms with Gasteiger partial charge in [0.15, 0.2) is 0 Å². The van der Waals surface area contributed by atoms with Crippen molar-refractivity contribution in [2.75, 3.05) is 0 Å². The minimum atomic E-state index is -1.04. The largest absolute Gasteiger partial charge is 0.508 e. The van der Waals surface area contributed by atoms with Gasteiger partial charge in [-0.15, -0.1) is 0 Å². The van der Waals surface area contributed by atoms with Crippen molar-refractivity contribution in [3.8, 4) is 5.75 Å². The fourth-order valence-electron chi connectivity index (χ4n) is 2.83. The Labute approximate surface area is 148 Å². The first-order valence-electron chi connectivity index (χ1n) is 7.93. The average Bonchev–Trinajstić information content (AvgIpc) is 3.02. The molecule has 0 bridgehead atoms. The molecular formula is C18H17N3O5.